The average molecular weight is 236 g/mol. The average Bonchev–Trinajstić information content (AvgIpc) is 2.91. The van der Waals surface area contributed by atoms with Crippen LogP contribution >= 0.6 is 0 Å². The van der Waals surface area contributed by atoms with Gasteiger partial charge in [0.05, 0.1) is 11.2 Å². The molecule has 96 valence electrons. The van der Waals surface area contributed by atoms with Crippen LogP contribution in [-0.4, -0.2) is 18.3 Å². The van der Waals surface area contributed by atoms with Crippen LogP contribution in [0.3, 0.4) is 0 Å². The van der Waals surface area contributed by atoms with Crippen molar-refractivity contribution in [3.05, 3.63) is 0 Å². The van der Waals surface area contributed by atoms with Crippen molar-refractivity contribution in [1.82, 2.24) is 0 Å². The zero-order valence-corrected chi connectivity index (χ0v) is 11.6. The minimum atomic E-state index is -0.00120. The highest BCUT2D eigenvalue weighted by Gasteiger charge is 2.64. The molecule has 0 atom stereocenters. The molecule has 0 radical (unpaired) electrons. The van der Waals surface area contributed by atoms with Crippen molar-refractivity contribution in [3.63, 3.8) is 0 Å². The number of hydrogen-bond donors (Lipinski definition) is 0. The van der Waals surface area contributed by atoms with Gasteiger partial charge in [0, 0.05) is 0 Å². The molecule has 0 bridgehead atoms. The van der Waals surface area contributed by atoms with Gasteiger partial charge in [0.15, 0.2) is 0 Å². The fraction of sp³-hybridized carbons (Fsp3) is 1.00. The molecule has 3 heteroatoms. The summed E-state index contributed by atoms with van der Waals surface area (Å²) in [7, 11) is -0.00120. The zero-order chi connectivity index (χ0) is 12.1. The van der Waals surface area contributed by atoms with Crippen molar-refractivity contribution in [2.75, 3.05) is 0 Å². The maximum Gasteiger partial charge on any atom is 0.463 e. The minimum Gasteiger partial charge on any atom is -0.402 e. The van der Waals surface area contributed by atoms with Gasteiger partial charge < -0.3 is 9.31 Å². The van der Waals surface area contributed by atoms with E-state index in [-0.39, 0.29) is 23.6 Å². The van der Waals surface area contributed by atoms with Crippen LogP contribution in [-0.2, 0) is 9.31 Å². The summed E-state index contributed by atoms with van der Waals surface area (Å²) >= 11 is 0. The molecule has 3 fully saturated rings. The highest BCUT2D eigenvalue weighted by atomic mass is 16.7. The summed E-state index contributed by atoms with van der Waals surface area (Å²) in [5, 5.41) is 0.0989. The van der Waals surface area contributed by atoms with E-state index in [1.807, 2.05) is 0 Å². The predicted molar refractivity (Wildman–Crippen MR) is 70.0 cm³/mol. The van der Waals surface area contributed by atoms with Crippen molar-refractivity contribution in [3.8, 4) is 0 Å². The van der Waals surface area contributed by atoms with Crippen LogP contribution < -0.4 is 0 Å². The fourth-order valence-electron chi connectivity index (χ4n) is 4.04. The Kier molecular flexibility index (Phi) is 2.65. The van der Waals surface area contributed by atoms with Gasteiger partial charge in [-0.1, -0.05) is 46.5 Å². The van der Waals surface area contributed by atoms with Crippen LogP contribution in [0.1, 0.15) is 72.1 Å². The molecule has 0 amide bonds. The lowest BCUT2D eigenvalue weighted by atomic mass is 9.61. The maximum absolute atomic E-state index is 6.49. The van der Waals surface area contributed by atoms with E-state index in [1.165, 1.54) is 51.4 Å². The Morgan fingerprint density at radius 1 is 0.765 bits per heavy atom. The highest BCUT2D eigenvalue weighted by molar-refractivity contribution is 6.49. The number of hydrogen-bond acceptors (Lipinski definition) is 2. The molecule has 3 aliphatic rings. The fourth-order valence-corrected chi connectivity index (χ4v) is 4.04. The van der Waals surface area contributed by atoms with Gasteiger partial charge in [-0.2, -0.15) is 0 Å². The normalized spacial score (nSPS) is 30.9. The minimum absolute atomic E-state index is 0.00120. The van der Waals surface area contributed by atoms with Crippen LogP contribution in [0, 0.1) is 0 Å². The molecule has 1 saturated heterocycles. The van der Waals surface area contributed by atoms with Gasteiger partial charge >= 0.3 is 7.12 Å². The zero-order valence-electron chi connectivity index (χ0n) is 11.6. The molecule has 1 aliphatic heterocycles. The summed E-state index contributed by atoms with van der Waals surface area (Å²) in [4.78, 5) is 0. The summed E-state index contributed by atoms with van der Waals surface area (Å²) in [5.74, 6) is 0. The van der Waals surface area contributed by atoms with Gasteiger partial charge in [-0.25, -0.2) is 0 Å². The van der Waals surface area contributed by atoms with E-state index in [2.05, 4.69) is 20.8 Å². The lowest BCUT2D eigenvalue weighted by molar-refractivity contribution is -0.0400. The Labute approximate surface area is 106 Å². The topological polar surface area (TPSA) is 18.5 Å². The van der Waals surface area contributed by atoms with Gasteiger partial charge in [-0.05, 0) is 31.0 Å². The third-order valence-corrected chi connectivity index (χ3v) is 5.03. The van der Waals surface area contributed by atoms with Crippen molar-refractivity contribution in [2.24, 2.45) is 0 Å². The molecule has 0 aromatic rings. The van der Waals surface area contributed by atoms with E-state index in [1.54, 1.807) is 0 Å². The van der Waals surface area contributed by atoms with Crippen LogP contribution in [0.4, 0.5) is 0 Å². The second-order valence-electron chi connectivity index (χ2n) is 7.34. The van der Waals surface area contributed by atoms with E-state index < -0.39 is 0 Å². The summed E-state index contributed by atoms with van der Waals surface area (Å²) in [5.41, 5.74) is 0.142. The Hall–Kier alpha value is -0.0151. The molecular formula is C14H25BO2. The molecule has 2 spiro atoms. The number of rotatable bonds is 0. The van der Waals surface area contributed by atoms with Crippen LogP contribution in [0.5, 0.6) is 0 Å². The summed E-state index contributed by atoms with van der Waals surface area (Å²) in [6.07, 6.45) is 10.2. The molecule has 3 rings (SSSR count). The molecule has 0 N–H and O–H groups in total. The second-order valence-corrected chi connectivity index (χ2v) is 7.34. The first kappa shape index (κ1) is 12.0. The van der Waals surface area contributed by atoms with E-state index >= 15 is 0 Å². The SMILES string of the molecule is CC(C)(C)B1OC2(CCCC2)C2(CCCC2)O1. The van der Waals surface area contributed by atoms with Crippen molar-refractivity contribution < 1.29 is 9.31 Å². The highest BCUT2D eigenvalue weighted by Crippen LogP contribution is 2.58. The molecule has 2 saturated carbocycles. The standard InChI is InChI=1S/C14H25BO2/c1-12(2,3)15-16-13(8-4-5-9-13)14(17-15)10-6-7-11-14/h4-11H2,1-3H3. The van der Waals surface area contributed by atoms with Crippen LogP contribution in [0.25, 0.3) is 0 Å². The molecular weight excluding hydrogens is 211 g/mol. The lowest BCUT2D eigenvalue weighted by Crippen LogP contribution is -2.47. The largest absolute Gasteiger partial charge is 0.463 e. The Balaban J connectivity index is 1.91. The van der Waals surface area contributed by atoms with E-state index in [9.17, 15) is 0 Å². The quantitative estimate of drug-likeness (QED) is 0.593. The van der Waals surface area contributed by atoms with Crippen LogP contribution in [0.2, 0.25) is 5.31 Å². The Morgan fingerprint density at radius 2 is 1.12 bits per heavy atom. The van der Waals surface area contributed by atoms with Gasteiger partial charge in [0.25, 0.3) is 0 Å². The Morgan fingerprint density at radius 3 is 1.41 bits per heavy atom. The molecule has 1 heterocycles. The summed E-state index contributed by atoms with van der Waals surface area (Å²) in [6.45, 7) is 6.69. The van der Waals surface area contributed by atoms with Crippen molar-refractivity contribution in [2.45, 2.75) is 88.7 Å². The van der Waals surface area contributed by atoms with E-state index in [4.69, 9.17) is 9.31 Å². The van der Waals surface area contributed by atoms with Crippen molar-refractivity contribution in [1.29, 1.82) is 0 Å². The smallest absolute Gasteiger partial charge is 0.402 e. The first-order valence-electron chi connectivity index (χ1n) is 7.33. The molecule has 0 aromatic heterocycles. The third-order valence-electron chi connectivity index (χ3n) is 5.03. The molecule has 2 nitrogen and oxygen atoms in total. The number of fused-ring (bicyclic) bond motifs is 1. The first-order chi connectivity index (χ1) is 7.98. The second kappa shape index (κ2) is 3.74. The van der Waals surface area contributed by atoms with E-state index in [0.29, 0.717) is 0 Å². The van der Waals surface area contributed by atoms with Crippen molar-refractivity contribution >= 4 is 7.12 Å². The van der Waals surface area contributed by atoms with Gasteiger partial charge in [0.2, 0.25) is 0 Å². The molecule has 0 unspecified atom stereocenters. The van der Waals surface area contributed by atoms with Gasteiger partial charge in [0.1, 0.15) is 0 Å². The monoisotopic (exact) mass is 236 g/mol. The summed E-state index contributed by atoms with van der Waals surface area (Å²) < 4.78 is 13.0. The van der Waals surface area contributed by atoms with E-state index in [0.717, 1.165) is 0 Å². The molecule has 0 aromatic carbocycles. The third kappa shape index (κ3) is 1.69. The van der Waals surface area contributed by atoms with Crippen LogP contribution in [0.15, 0.2) is 0 Å². The molecule has 2 aliphatic carbocycles. The Bertz CT molecular complexity index is 272. The van der Waals surface area contributed by atoms with Gasteiger partial charge in [-0.15, -0.1) is 0 Å². The van der Waals surface area contributed by atoms with Gasteiger partial charge in [-0.3, -0.25) is 0 Å². The summed E-state index contributed by atoms with van der Waals surface area (Å²) in [6, 6.07) is 0. The first-order valence-corrected chi connectivity index (χ1v) is 7.33. The molecule has 17 heavy (non-hydrogen) atoms. The lowest BCUT2D eigenvalue weighted by Gasteiger charge is -2.39. The predicted octanol–water partition coefficient (Wildman–Crippen LogP) is 3.95. The maximum atomic E-state index is 6.49.